The van der Waals surface area contributed by atoms with Gasteiger partial charge in [0.25, 0.3) is 0 Å². The average molecular weight is 327 g/mol. The molecule has 3 rings (SSSR count). The molecule has 2 aromatic rings. The van der Waals surface area contributed by atoms with Crippen molar-refractivity contribution >= 4 is 0 Å². The summed E-state index contributed by atoms with van der Waals surface area (Å²) < 4.78 is 10.4. The van der Waals surface area contributed by atoms with E-state index in [4.69, 9.17) is 9.47 Å². The van der Waals surface area contributed by atoms with Crippen LogP contribution in [0.3, 0.4) is 0 Å². The number of nitrogens with zero attached hydrogens (tertiary/aromatic N) is 3. The van der Waals surface area contributed by atoms with Gasteiger partial charge in [-0.25, -0.2) is 4.98 Å². The van der Waals surface area contributed by atoms with Crippen LogP contribution >= 0.6 is 0 Å². The van der Waals surface area contributed by atoms with Gasteiger partial charge in [0.05, 0.1) is 19.8 Å². The van der Waals surface area contributed by atoms with Crippen molar-refractivity contribution in [3.8, 4) is 23.0 Å². The number of aromatic nitrogens is 2. The Labute approximate surface area is 143 Å². The molecule has 0 bridgehead atoms. The van der Waals surface area contributed by atoms with Gasteiger partial charge in [0.1, 0.15) is 0 Å². The van der Waals surface area contributed by atoms with E-state index in [0.29, 0.717) is 17.9 Å². The number of piperidine rings is 1. The Hall–Kier alpha value is -2.14. The molecule has 1 fully saturated rings. The summed E-state index contributed by atoms with van der Waals surface area (Å²) >= 11 is 0. The van der Waals surface area contributed by atoms with Crippen molar-refractivity contribution in [3.63, 3.8) is 0 Å². The Balaban J connectivity index is 1.81. The predicted octanol–water partition coefficient (Wildman–Crippen LogP) is 3.71. The third-order valence-electron chi connectivity index (χ3n) is 4.75. The van der Waals surface area contributed by atoms with Crippen molar-refractivity contribution in [2.75, 3.05) is 27.3 Å². The fraction of sp³-hybridized carbons (Fsp3) is 0.474. The first kappa shape index (κ1) is 16.7. The highest BCUT2D eigenvalue weighted by atomic mass is 16.5. The van der Waals surface area contributed by atoms with Crippen molar-refractivity contribution in [1.29, 1.82) is 0 Å². The standard InChI is InChI=1S/C19H25N3O2/c1-14(22-11-5-4-6-12-22)15-7-9-16(10-8-15)17-13-20-19(24-3)21-18(17)23-2/h7-10,13-14H,4-6,11-12H2,1-3H3/t14-/m0/s1. The normalized spacial score (nSPS) is 16.6. The smallest absolute Gasteiger partial charge is 0.319 e. The van der Waals surface area contributed by atoms with Crippen LogP contribution in [-0.2, 0) is 0 Å². The van der Waals surface area contributed by atoms with E-state index in [9.17, 15) is 0 Å². The summed E-state index contributed by atoms with van der Waals surface area (Å²) in [5.74, 6) is 0.527. The van der Waals surface area contributed by atoms with Crippen LogP contribution < -0.4 is 9.47 Å². The summed E-state index contributed by atoms with van der Waals surface area (Å²) in [5.41, 5.74) is 3.26. The van der Waals surface area contributed by atoms with Crippen LogP contribution in [0.4, 0.5) is 0 Å². The summed E-state index contributed by atoms with van der Waals surface area (Å²) in [7, 11) is 3.16. The molecule has 0 saturated carbocycles. The number of benzene rings is 1. The van der Waals surface area contributed by atoms with Crippen LogP contribution in [0.1, 0.15) is 37.8 Å². The molecule has 24 heavy (non-hydrogen) atoms. The molecule has 1 aromatic carbocycles. The SMILES string of the molecule is COc1ncc(-c2ccc([C@H](C)N3CCCCC3)cc2)c(OC)n1. The molecule has 0 radical (unpaired) electrons. The molecule has 0 amide bonds. The largest absolute Gasteiger partial charge is 0.480 e. The lowest BCUT2D eigenvalue weighted by molar-refractivity contribution is 0.175. The highest BCUT2D eigenvalue weighted by Gasteiger charge is 2.18. The van der Waals surface area contributed by atoms with Gasteiger partial charge in [-0.15, -0.1) is 0 Å². The number of hydrogen-bond donors (Lipinski definition) is 0. The van der Waals surface area contributed by atoms with Gasteiger partial charge in [0.2, 0.25) is 5.88 Å². The molecule has 5 heteroatoms. The molecule has 128 valence electrons. The first-order chi connectivity index (χ1) is 11.7. The maximum absolute atomic E-state index is 5.38. The van der Waals surface area contributed by atoms with Crippen molar-refractivity contribution in [2.45, 2.75) is 32.2 Å². The van der Waals surface area contributed by atoms with Crippen LogP contribution in [0.2, 0.25) is 0 Å². The molecular formula is C19H25N3O2. The van der Waals surface area contributed by atoms with Crippen molar-refractivity contribution in [2.24, 2.45) is 0 Å². The minimum atomic E-state index is 0.311. The van der Waals surface area contributed by atoms with E-state index in [1.165, 1.54) is 37.9 Å². The van der Waals surface area contributed by atoms with Gasteiger partial charge in [-0.2, -0.15) is 4.98 Å². The predicted molar refractivity (Wildman–Crippen MR) is 94.4 cm³/mol. The van der Waals surface area contributed by atoms with Crippen molar-refractivity contribution in [3.05, 3.63) is 36.0 Å². The third-order valence-corrected chi connectivity index (χ3v) is 4.75. The van der Waals surface area contributed by atoms with Crippen molar-refractivity contribution in [1.82, 2.24) is 14.9 Å². The van der Waals surface area contributed by atoms with Crippen LogP contribution in [0.5, 0.6) is 11.9 Å². The molecule has 1 aliphatic rings. The van der Waals surface area contributed by atoms with E-state index >= 15 is 0 Å². The molecular weight excluding hydrogens is 302 g/mol. The lowest BCUT2D eigenvalue weighted by Crippen LogP contribution is -2.32. The number of hydrogen-bond acceptors (Lipinski definition) is 5. The summed E-state index contributed by atoms with van der Waals surface area (Å²) in [5, 5.41) is 0. The zero-order chi connectivity index (χ0) is 16.9. The maximum Gasteiger partial charge on any atom is 0.319 e. The second-order valence-electron chi connectivity index (χ2n) is 6.17. The van der Waals surface area contributed by atoms with Gasteiger partial charge in [-0.3, -0.25) is 4.90 Å². The lowest BCUT2D eigenvalue weighted by atomic mass is 10.00. The summed E-state index contributed by atoms with van der Waals surface area (Å²) in [6.45, 7) is 4.68. The van der Waals surface area contributed by atoms with Gasteiger partial charge in [0, 0.05) is 12.2 Å². The molecule has 0 N–H and O–H groups in total. The number of rotatable bonds is 5. The first-order valence-electron chi connectivity index (χ1n) is 8.52. The van der Waals surface area contributed by atoms with E-state index in [1.807, 2.05) is 0 Å². The van der Waals surface area contributed by atoms with Gasteiger partial charge in [0.15, 0.2) is 0 Å². The van der Waals surface area contributed by atoms with Crippen molar-refractivity contribution < 1.29 is 9.47 Å². The van der Waals surface area contributed by atoms with Gasteiger partial charge >= 0.3 is 6.01 Å². The van der Waals surface area contributed by atoms with E-state index in [0.717, 1.165) is 11.1 Å². The van der Waals surface area contributed by atoms with Crippen LogP contribution in [-0.4, -0.2) is 42.2 Å². The van der Waals surface area contributed by atoms with E-state index in [2.05, 4.69) is 46.1 Å². The molecule has 1 aliphatic heterocycles. The monoisotopic (exact) mass is 327 g/mol. The molecule has 1 saturated heterocycles. The summed E-state index contributed by atoms with van der Waals surface area (Å²) in [6, 6.07) is 9.38. The number of likely N-dealkylation sites (tertiary alicyclic amines) is 1. The fourth-order valence-electron chi connectivity index (χ4n) is 3.26. The number of ether oxygens (including phenoxy) is 2. The quantitative estimate of drug-likeness (QED) is 0.838. The zero-order valence-electron chi connectivity index (χ0n) is 14.7. The Morgan fingerprint density at radius 3 is 2.33 bits per heavy atom. The van der Waals surface area contributed by atoms with Gasteiger partial charge in [-0.1, -0.05) is 30.7 Å². The van der Waals surface area contributed by atoms with E-state index < -0.39 is 0 Å². The average Bonchev–Trinajstić information content (AvgIpc) is 2.67. The Bertz CT molecular complexity index is 667. The zero-order valence-corrected chi connectivity index (χ0v) is 14.7. The van der Waals surface area contributed by atoms with Crippen LogP contribution in [0.15, 0.2) is 30.5 Å². The first-order valence-corrected chi connectivity index (χ1v) is 8.52. The molecule has 1 atom stereocenters. The molecule has 2 heterocycles. The lowest BCUT2D eigenvalue weighted by Gasteiger charge is -2.32. The second-order valence-corrected chi connectivity index (χ2v) is 6.17. The highest BCUT2D eigenvalue weighted by Crippen LogP contribution is 2.31. The van der Waals surface area contributed by atoms with Crippen LogP contribution in [0, 0.1) is 0 Å². The third kappa shape index (κ3) is 3.51. The molecule has 0 aliphatic carbocycles. The topological polar surface area (TPSA) is 47.5 Å². The summed E-state index contributed by atoms with van der Waals surface area (Å²) in [6.07, 6.45) is 5.72. The summed E-state index contributed by atoms with van der Waals surface area (Å²) in [4.78, 5) is 11.0. The van der Waals surface area contributed by atoms with Crippen LogP contribution in [0.25, 0.3) is 11.1 Å². The number of methoxy groups -OCH3 is 2. The second kappa shape index (κ2) is 7.62. The fourth-order valence-corrected chi connectivity index (χ4v) is 3.26. The minimum absolute atomic E-state index is 0.311. The molecule has 0 unspecified atom stereocenters. The molecule has 5 nitrogen and oxygen atoms in total. The maximum atomic E-state index is 5.38. The minimum Gasteiger partial charge on any atom is -0.480 e. The molecule has 1 aromatic heterocycles. The Kier molecular flexibility index (Phi) is 5.30. The van der Waals surface area contributed by atoms with Gasteiger partial charge in [-0.05, 0) is 44.0 Å². The molecule has 0 spiro atoms. The Morgan fingerprint density at radius 2 is 1.71 bits per heavy atom. The van der Waals surface area contributed by atoms with E-state index in [1.54, 1.807) is 20.4 Å². The van der Waals surface area contributed by atoms with E-state index in [-0.39, 0.29) is 0 Å². The highest BCUT2D eigenvalue weighted by molar-refractivity contribution is 5.68. The van der Waals surface area contributed by atoms with Gasteiger partial charge < -0.3 is 9.47 Å². The Morgan fingerprint density at radius 1 is 1.00 bits per heavy atom.